The Morgan fingerprint density at radius 3 is 1.64 bits per heavy atom. The molecule has 5 atom stereocenters. The highest BCUT2D eigenvalue weighted by Crippen LogP contribution is 2.37. The van der Waals surface area contributed by atoms with Gasteiger partial charge in [0.2, 0.25) is 29.5 Å². The molecule has 0 aliphatic rings. The minimum atomic E-state index is -1.36. The Kier molecular flexibility index (Phi) is 22.4. The number of carbonyl (C=O) groups excluding carboxylic acids is 6. The first-order chi connectivity index (χ1) is 32.3. The third-order valence-corrected chi connectivity index (χ3v) is 11.7. The number of rotatable bonds is 29. The molecule has 67 heavy (non-hydrogen) atoms. The summed E-state index contributed by atoms with van der Waals surface area (Å²) in [6.07, 6.45) is 0.228. The predicted octanol–water partition coefficient (Wildman–Crippen LogP) is 4.91. The monoisotopic (exact) mass is 919 g/mol. The molecule has 0 fully saturated rings. The van der Waals surface area contributed by atoms with Gasteiger partial charge in [0.1, 0.15) is 29.4 Å². The number of aryl methyl sites for hydroxylation is 1. The van der Waals surface area contributed by atoms with Crippen molar-refractivity contribution in [1.82, 2.24) is 31.9 Å². The molecule has 4 rings (SSSR count). The zero-order chi connectivity index (χ0) is 48.6. The number of ether oxygens (including phenoxy) is 2. The number of Topliss-reactive ketones (excluding diaryl/α,β-unsaturated/α-hetero) is 1. The maximum Gasteiger partial charge on any atom is 0.243 e. The molecule has 0 heterocycles. The fraction of sp³-hybridized carbons (Fsp3) is 0.434. The van der Waals surface area contributed by atoms with E-state index in [1.54, 1.807) is 6.92 Å². The Morgan fingerprint density at radius 1 is 0.612 bits per heavy atom. The van der Waals surface area contributed by atoms with Crippen molar-refractivity contribution in [2.45, 2.75) is 90.4 Å². The molecule has 0 bridgehead atoms. The number of benzene rings is 4. The van der Waals surface area contributed by atoms with Crippen molar-refractivity contribution in [2.75, 3.05) is 46.6 Å². The molecule has 0 aliphatic carbocycles. The molecule has 0 aromatic heterocycles. The summed E-state index contributed by atoms with van der Waals surface area (Å²) in [5, 5.41) is 17.5. The number of hydrogen-bond acceptors (Lipinski definition) is 9. The van der Waals surface area contributed by atoms with E-state index >= 15 is 0 Å². The zero-order valence-corrected chi connectivity index (χ0v) is 39.9. The van der Waals surface area contributed by atoms with Crippen molar-refractivity contribution in [3.63, 3.8) is 0 Å². The Labute approximate surface area is 396 Å². The van der Waals surface area contributed by atoms with Gasteiger partial charge in [-0.25, -0.2) is 0 Å². The number of likely N-dealkylation sites (N-methyl/N-ethyl adjacent to an activating group) is 1. The van der Waals surface area contributed by atoms with Crippen LogP contribution in [0.2, 0.25) is 0 Å². The Bertz CT molecular complexity index is 2060. The van der Waals surface area contributed by atoms with E-state index in [2.05, 4.69) is 31.9 Å². The largest absolute Gasteiger partial charge is 0.378 e. The molecule has 1 unspecified atom stereocenters. The Hall–Kier alpha value is -6.22. The predicted molar refractivity (Wildman–Crippen MR) is 260 cm³/mol. The van der Waals surface area contributed by atoms with Gasteiger partial charge in [-0.05, 0) is 61.9 Å². The molecule has 14 heteroatoms. The van der Waals surface area contributed by atoms with Gasteiger partial charge in [-0.15, -0.1) is 0 Å². The molecule has 5 amide bonds. The molecule has 4 aromatic carbocycles. The van der Waals surface area contributed by atoms with Crippen molar-refractivity contribution >= 4 is 35.3 Å². The van der Waals surface area contributed by atoms with Gasteiger partial charge in [-0.3, -0.25) is 28.8 Å². The maximum absolute atomic E-state index is 14.5. The van der Waals surface area contributed by atoms with Gasteiger partial charge < -0.3 is 41.4 Å². The summed E-state index contributed by atoms with van der Waals surface area (Å²) >= 11 is 0. The highest BCUT2D eigenvalue weighted by molar-refractivity contribution is 5.96. The van der Waals surface area contributed by atoms with Crippen molar-refractivity contribution in [2.24, 2.45) is 11.8 Å². The van der Waals surface area contributed by atoms with Crippen LogP contribution < -0.4 is 31.9 Å². The lowest BCUT2D eigenvalue weighted by Crippen LogP contribution is -2.58. The van der Waals surface area contributed by atoms with Gasteiger partial charge in [0.15, 0.2) is 0 Å². The lowest BCUT2D eigenvalue weighted by Gasteiger charge is -2.37. The second kappa shape index (κ2) is 28.1. The second-order valence-corrected chi connectivity index (χ2v) is 17.0. The number of amides is 5. The van der Waals surface area contributed by atoms with Crippen LogP contribution in [0.3, 0.4) is 0 Å². The molecule has 0 saturated heterocycles. The van der Waals surface area contributed by atoms with Gasteiger partial charge in [0.25, 0.3) is 0 Å². The Balaban J connectivity index is 1.60. The summed E-state index contributed by atoms with van der Waals surface area (Å²) in [6, 6.07) is 32.9. The number of ketones is 1. The fourth-order valence-corrected chi connectivity index (χ4v) is 7.66. The van der Waals surface area contributed by atoms with Crippen LogP contribution >= 0.6 is 0 Å². The topological polar surface area (TPSA) is 193 Å². The molecule has 0 aliphatic heterocycles. The second-order valence-electron chi connectivity index (χ2n) is 17.0. The Morgan fingerprint density at radius 2 is 1.13 bits per heavy atom. The van der Waals surface area contributed by atoms with E-state index in [1.807, 2.05) is 143 Å². The van der Waals surface area contributed by atoms with Crippen LogP contribution in [0.5, 0.6) is 0 Å². The van der Waals surface area contributed by atoms with Gasteiger partial charge in [-0.1, -0.05) is 148 Å². The first-order valence-electron chi connectivity index (χ1n) is 23.3. The van der Waals surface area contributed by atoms with E-state index in [1.165, 1.54) is 6.92 Å². The van der Waals surface area contributed by atoms with Gasteiger partial charge in [-0.2, -0.15) is 0 Å². The lowest BCUT2D eigenvalue weighted by molar-refractivity contribution is -0.136. The highest BCUT2D eigenvalue weighted by Gasteiger charge is 2.39. The van der Waals surface area contributed by atoms with Crippen molar-refractivity contribution < 1.29 is 38.2 Å². The van der Waals surface area contributed by atoms with Gasteiger partial charge in [0.05, 0.1) is 26.4 Å². The normalized spacial score (nSPS) is 13.5. The summed E-state index contributed by atoms with van der Waals surface area (Å²) in [7, 11) is 1.83. The van der Waals surface area contributed by atoms with E-state index < -0.39 is 53.2 Å². The van der Waals surface area contributed by atoms with Crippen molar-refractivity contribution in [1.29, 1.82) is 0 Å². The van der Waals surface area contributed by atoms with E-state index in [0.29, 0.717) is 39.2 Å². The molecule has 360 valence electrons. The molecule has 0 saturated carbocycles. The van der Waals surface area contributed by atoms with Gasteiger partial charge >= 0.3 is 0 Å². The molecule has 6 N–H and O–H groups in total. The highest BCUT2D eigenvalue weighted by atomic mass is 16.5. The van der Waals surface area contributed by atoms with Crippen LogP contribution in [0.15, 0.2) is 115 Å². The van der Waals surface area contributed by atoms with E-state index in [4.69, 9.17) is 9.47 Å². The minimum absolute atomic E-state index is 0.102. The molecule has 0 spiro atoms. The maximum atomic E-state index is 14.5. The molecule has 0 radical (unpaired) electrons. The van der Waals surface area contributed by atoms with Crippen molar-refractivity contribution in [3.8, 4) is 0 Å². The average molecular weight is 919 g/mol. The first-order valence-corrected chi connectivity index (χ1v) is 23.3. The van der Waals surface area contributed by atoms with Crippen LogP contribution in [0, 0.1) is 18.8 Å². The van der Waals surface area contributed by atoms with E-state index in [9.17, 15) is 28.8 Å². The van der Waals surface area contributed by atoms with Gasteiger partial charge in [0, 0.05) is 31.8 Å². The minimum Gasteiger partial charge on any atom is -0.378 e. The average Bonchev–Trinajstić information content (AvgIpc) is 3.33. The fourth-order valence-electron chi connectivity index (χ4n) is 7.66. The number of hydrogen-bond donors (Lipinski definition) is 6. The quantitative estimate of drug-likeness (QED) is 0.0325. The summed E-state index contributed by atoms with van der Waals surface area (Å²) in [4.78, 5) is 82.9. The lowest BCUT2D eigenvalue weighted by atomic mass is 9.77. The van der Waals surface area contributed by atoms with Crippen molar-refractivity contribution in [3.05, 3.63) is 143 Å². The molecular weight excluding hydrogens is 849 g/mol. The first kappa shape index (κ1) is 53.4. The van der Waals surface area contributed by atoms with Crippen LogP contribution in [0.25, 0.3) is 0 Å². The molecule has 4 aromatic rings. The smallest absolute Gasteiger partial charge is 0.243 e. The van der Waals surface area contributed by atoms with Crippen LogP contribution in [-0.4, -0.2) is 100 Å². The summed E-state index contributed by atoms with van der Waals surface area (Å²) in [5.74, 6) is -3.95. The molecule has 14 nitrogen and oxygen atoms in total. The van der Waals surface area contributed by atoms with Crippen LogP contribution in [-0.2, 0) is 50.2 Å². The van der Waals surface area contributed by atoms with Crippen LogP contribution in [0.4, 0.5) is 0 Å². The summed E-state index contributed by atoms with van der Waals surface area (Å²) in [6.45, 7) is 11.0. The number of carbonyl (C=O) groups is 6. The zero-order valence-electron chi connectivity index (χ0n) is 39.9. The number of nitrogens with one attached hydrogen (secondary N) is 6. The summed E-state index contributed by atoms with van der Waals surface area (Å²) < 4.78 is 11.0. The summed E-state index contributed by atoms with van der Waals surface area (Å²) in [5.41, 5.74) is 3.34. The third-order valence-electron chi connectivity index (χ3n) is 11.7. The van der Waals surface area contributed by atoms with E-state index in [0.717, 1.165) is 27.8 Å². The van der Waals surface area contributed by atoms with E-state index in [-0.39, 0.29) is 50.0 Å². The third kappa shape index (κ3) is 16.9. The molecular formula is C53H70N6O8. The van der Waals surface area contributed by atoms with Crippen LogP contribution in [0.1, 0.15) is 81.2 Å². The SMILES string of the molecule is CCC(C)[C@H](NC(=O)[C@@H](C)Cc1ccc(C)cc1)C(=O)N[C@@H](CCC(=O)NC(c1ccccc1)(c1ccccc1)c1ccccc1)C(=O)N[C@@H](CC(C)=O)C(=O)NCCOCCOCCNC. The standard InChI is InChI=1S/C53H70N6O8/c1-7-38(3)48(58-49(62)39(4)35-41-25-23-37(2)24-26-41)52(65)56-45(51(64)57-46(36-40(5)60)50(63)55-30-32-67-34-33-66-31-29-54-6)27-28-47(61)59-53(42-17-11-8-12-18-42,43-19-13-9-14-20-43)44-21-15-10-16-22-44/h8-26,38-39,45-46,48,54H,7,27-36H2,1-6H3,(H,55,63)(H,56,65)(H,57,64)(H,58,62)(H,59,61)/t38?,39-,45-,46-,48-/m0/s1.